The summed E-state index contributed by atoms with van der Waals surface area (Å²) in [5.41, 5.74) is 1.88. The van der Waals surface area contributed by atoms with Gasteiger partial charge in [0, 0.05) is 19.0 Å². The van der Waals surface area contributed by atoms with E-state index in [0.717, 1.165) is 6.42 Å². The molecule has 1 atom stereocenters. The third-order valence-corrected chi connectivity index (χ3v) is 2.02. The molecule has 0 aromatic carbocycles. The minimum absolute atomic E-state index is 0.102. The van der Waals surface area contributed by atoms with Crippen LogP contribution in [0.4, 0.5) is 4.79 Å². The largest absolute Gasteiger partial charge is 0.479 e. The molecule has 0 aliphatic heterocycles. The summed E-state index contributed by atoms with van der Waals surface area (Å²) < 4.78 is 0. The molecule has 0 radical (unpaired) electrons. The molecular formula is C10H19N3O5. The van der Waals surface area contributed by atoms with E-state index < -0.39 is 18.6 Å². The zero-order chi connectivity index (χ0) is 14.0. The molecule has 0 spiro atoms. The zero-order valence-corrected chi connectivity index (χ0v) is 10.5. The van der Waals surface area contributed by atoms with Gasteiger partial charge in [-0.3, -0.25) is 9.63 Å². The van der Waals surface area contributed by atoms with Crippen molar-refractivity contribution in [2.24, 2.45) is 0 Å². The number of carbonyl (C=O) groups is 3. The predicted octanol–water partition coefficient (Wildman–Crippen LogP) is -0.393. The van der Waals surface area contributed by atoms with Crippen molar-refractivity contribution in [2.45, 2.75) is 32.7 Å². The lowest BCUT2D eigenvalue weighted by molar-refractivity contribution is -0.144. The summed E-state index contributed by atoms with van der Waals surface area (Å²) in [6.45, 7) is 3.36. The topological polar surface area (TPSA) is 117 Å². The second-order valence-corrected chi connectivity index (χ2v) is 3.67. The standard InChI is InChI=1S/C10H19N3O5/c1-3-7(2)12-8(14)4-5-11-10(17)13-18-6-9(15)16/h7H,3-6H2,1-2H3,(H,12,14)(H,15,16)(H2,11,13,17). The molecule has 104 valence electrons. The van der Waals surface area contributed by atoms with Crippen molar-refractivity contribution in [3.8, 4) is 0 Å². The molecule has 3 amide bonds. The minimum Gasteiger partial charge on any atom is -0.479 e. The Bertz CT molecular complexity index is 295. The van der Waals surface area contributed by atoms with E-state index >= 15 is 0 Å². The number of nitrogens with one attached hydrogen (secondary N) is 3. The fraction of sp³-hybridized carbons (Fsp3) is 0.700. The Kier molecular flexibility index (Phi) is 8.29. The van der Waals surface area contributed by atoms with Crippen LogP contribution in [0.5, 0.6) is 0 Å². The maximum atomic E-state index is 11.3. The van der Waals surface area contributed by atoms with Gasteiger partial charge in [-0.25, -0.2) is 15.1 Å². The molecule has 0 rings (SSSR count). The number of urea groups is 1. The van der Waals surface area contributed by atoms with Crippen molar-refractivity contribution in [1.29, 1.82) is 0 Å². The van der Waals surface area contributed by atoms with Gasteiger partial charge in [0.15, 0.2) is 6.61 Å². The van der Waals surface area contributed by atoms with Crippen LogP contribution in [0.25, 0.3) is 0 Å². The average Bonchev–Trinajstić information content (AvgIpc) is 2.28. The first-order valence-corrected chi connectivity index (χ1v) is 5.62. The second-order valence-electron chi connectivity index (χ2n) is 3.67. The van der Waals surface area contributed by atoms with Gasteiger partial charge in [-0.15, -0.1) is 0 Å². The van der Waals surface area contributed by atoms with Crippen LogP contribution in [-0.4, -0.2) is 42.2 Å². The molecule has 0 bridgehead atoms. The predicted molar refractivity (Wildman–Crippen MR) is 62.6 cm³/mol. The quantitative estimate of drug-likeness (QED) is 0.444. The van der Waals surface area contributed by atoms with Crippen LogP contribution in [0.1, 0.15) is 26.7 Å². The summed E-state index contributed by atoms with van der Waals surface area (Å²) in [7, 11) is 0. The van der Waals surface area contributed by atoms with Crippen molar-refractivity contribution >= 4 is 17.9 Å². The number of carbonyl (C=O) groups excluding carboxylic acids is 2. The highest BCUT2D eigenvalue weighted by Gasteiger charge is 2.06. The summed E-state index contributed by atoms with van der Waals surface area (Å²) in [6.07, 6.45) is 0.985. The Balaban J connectivity index is 3.55. The van der Waals surface area contributed by atoms with Crippen molar-refractivity contribution in [3.05, 3.63) is 0 Å². The number of carboxylic acid groups (broad SMARTS) is 1. The SMILES string of the molecule is CCC(C)NC(=O)CCNC(=O)NOCC(=O)O. The molecule has 0 aromatic rings. The molecule has 0 aliphatic rings. The molecule has 0 aromatic heterocycles. The van der Waals surface area contributed by atoms with Gasteiger partial charge in [0.05, 0.1) is 0 Å². The van der Waals surface area contributed by atoms with Gasteiger partial charge in [0.2, 0.25) is 5.91 Å². The van der Waals surface area contributed by atoms with Gasteiger partial charge in [-0.1, -0.05) is 6.92 Å². The maximum Gasteiger partial charge on any atom is 0.338 e. The smallest absolute Gasteiger partial charge is 0.338 e. The first-order chi connectivity index (χ1) is 8.45. The summed E-state index contributed by atoms with van der Waals surface area (Å²) in [5, 5.41) is 13.3. The number of aliphatic carboxylic acids is 1. The third-order valence-electron chi connectivity index (χ3n) is 2.02. The van der Waals surface area contributed by atoms with Crippen LogP contribution in [0.3, 0.4) is 0 Å². The highest BCUT2D eigenvalue weighted by Crippen LogP contribution is 1.88. The van der Waals surface area contributed by atoms with Crippen molar-refractivity contribution in [3.63, 3.8) is 0 Å². The Hall–Kier alpha value is -1.83. The van der Waals surface area contributed by atoms with Gasteiger partial charge < -0.3 is 15.7 Å². The first-order valence-electron chi connectivity index (χ1n) is 5.62. The lowest BCUT2D eigenvalue weighted by Gasteiger charge is -2.11. The third kappa shape index (κ3) is 9.40. The molecule has 8 heteroatoms. The van der Waals surface area contributed by atoms with Gasteiger partial charge >= 0.3 is 12.0 Å². The summed E-state index contributed by atoms with van der Waals surface area (Å²) >= 11 is 0. The van der Waals surface area contributed by atoms with Crippen LogP contribution < -0.4 is 16.1 Å². The molecule has 0 saturated carbocycles. The minimum atomic E-state index is -1.19. The lowest BCUT2D eigenvalue weighted by atomic mass is 10.2. The maximum absolute atomic E-state index is 11.3. The fourth-order valence-electron chi connectivity index (χ4n) is 0.938. The molecule has 0 aliphatic carbocycles. The molecule has 1 unspecified atom stereocenters. The number of hydrogen-bond donors (Lipinski definition) is 4. The van der Waals surface area contributed by atoms with Crippen molar-refractivity contribution in [1.82, 2.24) is 16.1 Å². The zero-order valence-electron chi connectivity index (χ0n) is 10.5. The van der Waals surface area contributed by atoms with E-state index in [4.69, 9.17) is 5.11 Å². The Morgan fingerprint density at radius 2 is 2.00 bits per heavy atom. The van der Waals surface area contributed by atoms with E-state index in [1.54, 1.807) is 0 Å². The summed E-state index contributed by atoms with van der Waals surface area (Å²) in [5.74, 6) is -1.35. The van der Waals surface area contributed by atoms with E-state index in [1.165, 1.54) is 0 Å². The molecule has 4 N–H and O–H groups in total. The summed E-state index contributed by atoms with van der Waals surface area (Å²) in [4.78, 5) is 36.7. The molecule has 0 saturated heterocycles. The number of rotatable bonds is 8. The molecular weight excluding hydrogens is 242 g/mol. The number of amides is 3. The second kappa shape index (κ2) is 9.23. The highest BCUT2D eigenvalue weighted by atomic mass is 16.7. The first kappa shape index (κ1) is 16.2. The van der Waals surface area contributed by atoms with Gasteiger partial charge in [0.25, 0.3) is 0 Å². The lowest BCUT2D eigenvalue weighted by Crippen LogP contribution is -2.39. The van der Waals surface area contributed by atoms with E-state index in [0.29, 0.717) is 0 Å². The van der Waals surface area contributed by atoms with Gasteiger partial charge in [-0.2, -0.15) is 0 Å². The Labute approximate surface area is 105 Å². The number of hydroxylamine groups is 1. The van der Waals surface area contributed by atoms with Crippen LogP contribution >= 0.6 is 0 Å². The van der Waals surface area contributed by atoms with E-state index in [-0.39, 0.29) is 24.9 Å². The van der Waals surface area contributed by atoms with Crippen molar-refractivity contribution in [2.75, 3.05) is 13.2 Å². The number of carboxylic acids is 1. The van der Waals surface area contributed by atoms with Gasteiger partial charge in [-0.05, 0) is 13.3 Å². The van der Waals surface area contributed by atoms with Crippen LogP contribution in [0.15, 0.2) is 0 Å². The molecule has 18 heavy (non-hydrogen) atoms. The summed E-state index contributed by atoms with van der Waals surface area (Å²) in [6, 6.07) is -0.585. The fourth-order valence-corrected chi connectivity index (χ4v) is 0.938. The van der Waals surface area contributed by atoms with Crippen LogP contribution in [0.2, 0.25) is 0 Å². The number of hydrogen-bond acceptors (Lipinski definition) is 4. The normalized spacial score (nSPS) is 11.4. The van der Waals surface area contributed by atoms with Crippen molar-refractivity contribution < 1.29 is 24.3 Å². The molecule has 0 heterocycles. The van der Waals surface area contributed by atoms with E-state index in [2.05, 4.69) is 15.5 Å². The van der Waals surface area contributed by atoms with Gasteiger partial charge in [0.1, 0.15) is 0 Å². The molecule has 8 nitrogen and oxygen atoms in total. The Morgan fingerprint density at radius 1 is 1.33 bits per heavy atom. The Morgan fingerprint density at radius 3 is 2.56 bits per heavy atom. The molecule has 0 fully saturated rings. The average molecular weight is 261 g/mol. The highest BCUT2D eigenvalue weighted by molar-refractivity contribution is 5.78. The van der Waals surface area contributed by atoms with E-state index in [9.17, 15) is 14.4 Å². The van der Waals surface area contributed by atoms with E-state index in [1.807, 2.05) is 19.3 Å². The van der Waals surface area contributed by atoms with Crippen LogP contribution in [0, 0.1) is 0 Å². The van der Waals surface area contributed by atoms with Crippen LogP contribution in [-0.2, 0) is 14.4 Å². The monoisotopic (exact) mass is 261 g/mol.